The maximum atomic E-state index is 6.38. The van der Waals surface area contributed by atoms with Gasteiger partial charge in [0.2, 0.25) is 0 Å². The Hall–Kier alpha value is -1.07. The maximum Gasteiger partial charge on any atom is 0.159 e. The van der Waals surface area contributed by atoms with Crippen LogP contribution in [0, 0.1) is 6.92 Å². The van der Waals surface area contributed by atoms with E-state index in [1.165, 1.54) is 0 Å². The molecule has 3 heterocycles. The van der Waals surface area contributed by atoms with Gasteiger partial charge in [0, 0.05) is 25.8 Å². The maximum absolute atomic E-state index is 6.38. The average Bonchev–Trinajstić information content (AvgIpc) is 2.91. The van der Waals surface area contributed by atoms with E-state index in [0.29, 0.717) is 0 Å². The summed E-state index contributed by atoms with van der Waals surface area (Å²) in [6.07, 6.45) is 1.94. The molecule has 2 aromatic rings. The smallest absolute Gasteiger partial charge is 0.159 e. The van der Waals surface area contributed by atoms with E-state index in [2.05, 4.69) is 16.6 Å². The van der Waals surface area contributed by atoms with Crippen molar-refractivity contribution in [2.24, 2.45) is 7.05 Å². The molecule has 0 aromatic carbocycles. The number of alkyl halides is 1. The Bertz CT molecular complexity index is 637. The van der Waals surface area contributed by atoms with Gasteiger partial charge in [-0.25, -0.2) is 4.98 Å². The lowest BCUT2D eigenvalue weighted by Crippen LogP contribution is -2.38. The van der Waals surface area contributed by atoms with E-state index in [9.17, 15) is 0 Å². The first-order valence-electron chi connectivity index (χ1n) is 7.08. The van der Waals surface area contributed by atoms with E-state index in [0.717, 1.165) is 48.7 Å². The quantitative estimate of drug-likeness (QED) is 0.801. The third kappa shape index (κ3) is 1.95. The van der Waals surface area contributed by atoms with Crippen LogP contribution in [0.15, 0.2) is 0 Å². The van der Waals surface area contributed by atoms with Crippen molar-refractivity contribution >= 4 is 22.8 Å². The lowest BCUT2D eigenvalue weighted by molar-refractivity contribution is 0.0295. The van der Waals surface area contributed by atoms with Crippen LogP contribution >= 0.6 is 11.6 Å². The molecule has 1 fully saturated rings. The summed E-state index contributed by atoms with van der Waals surface area (Å²) >= 11 is 6.38. The predicted molar refractivity (Wildman–Crippen MR) is 79.2 cm³/mol. The van der Waals surface area contributed by atoms with Gasteiger partial charge in [-0.3, -0.25) is 4.68 Å². The number of halogens is 1. The summed E-state index contributed by atoms with van der Waals surface area (Å²) in [4.78, 5) is 4.76. The Morgan fingerprint density at radius 3 is 2.60 bits per heavy atom. The van der Waals surface area contributed by atoms with Crippen molar-refractivity contribution in [3.63, 3.8) is 0 Å². The molecule has 6 heteroatoms. The van der Waals surface area contributed by atoms with E-state index in [-0.39, 0.29) is 10.9 Å². The summed E-state index contributed by atoms with van der Waals surface area (Å²) in [7, 11) is 1.97. The molecule has 0 spiro atoms. The summed E-state index contributed by atoms with van der Waals surface area (Å²) in [6.45, 7) is 7.80. The van der Waals surface area contributed by atoms with Gasteiger partial charge in [0.1, 0.15) is 11.3 Å². The molecule has 0 saturated carbocycles. The van der Waals surface area contributed by atoms with Crippen LogP contribution in [0.25, 0.3) is 11.2 Å². The van der Waals surface area contributed by atoms with Crippen LogP contribution in [-0.2, 0) is 17.3 Å². The monoisotopic (exact) mass is 296 g/mol. The van der Waals surface area contributed by atoms with Crippen molar-refractivity contribution in [3.05, 3.63) is 11.5 Å². The van der Waals surface area contributed by atoms with Gasteiger partial charge in [0.15, 0.2) is 5.65 Å². The molecular weight excluding hydrogens is 276 g/mol. The van der Waals surface area contributed by atoms with E-state index in [4.69, 9.17) is 21.3 Å². The number of imidazole rings is 1. The van der Waals surface area contributed by atoms with Gasteiger partial charge in [0.05, 0.1) is 11.1 Å². The van der Waals surface area contributed by atoms with E-state index in [1.54, 1.807) is 0 Å². The second-order valence-corrected chi connectivity index (χ2v) is 6.57. The molecule has 1 atom stereocenters. The number of ether oxygens (including phenoxy) is 1. The molecule has 1 aliphatic heterocycles. The second kappa shape index (κ2) is 4.74. The molecule has 1 aliphatic rings. The summed E-state index contributed by atoms with van der Waals surface area (Å²) in [5.74, 6) is 0.933. The zero-order chi connectivity index (χ0) is 14.5. The molecule has 0 bridgehead atoms. The van der Waals surface area contributed by atoms with Crippen molar-refractivity contribution in [2.45, 2.75) is 44.5 Å². The van der Waals surface area contributed by atoms with Crippen molar-refractivity contribution in [3.8, 4) is 0 Å². The molecule has 0 radical (unpaired) electrons. The normalized spacial score (nSPS) is 20.4. The number of aromatic nitrogens is 4. The first kappa shape index (κ1) is 13.9. The zero-order valence-corrected chi connectivity index (χ0v) is 13.2. The molecule has 20 heavy (non-hydrogen) atoms. The number of hydrogen-bond acceptors (Lipinski definition) is 3. The number of aryl methyl sites for hydroxylation is 2. The topological polar surface area (TPSA) is 44.9 Å². The van der Waals surface area contributed by atoms with Gasteiger partial charge in [0.25, 0.3) is 0 Å². The fraction of sp³-hybridized carbons (Fsp3) is 0.714. The second-order valence-electron chi connectivity index (χ2n) is 5.91. The van der Waals surface area contributed by atoms with Gasteiger partial charge in [-0.05, 0) is 33.6 Å². The van der Waals surface area contributed by atoms with Crippen LogP contribution in [0.3, 0.4) is 0 Å². The standard InChI is InChI=1S/C14H21ClN4O/c1-9(15)12-16-11-10(2)17-18(4)13(11)19(12)14(3)5-7-20-8-6-14/h9H,5-8H2,1-4H3. The van der Waals surface area contributed by atoms with Crippen molar-refractivity contribution < 1.29 is 4.74 Å². The fourth-order valence-electron chi connectivity index (χ4n) is 3.12. The highest BCUT2D eigenvalue weighted by molar-refractivity contribution is 6.20. The largest absolute Gasteiger partial charge is 0.381 e. The Labute approximate surface area is 123 Å². The van der Waals surface area contributed by atoms with Crippen molar-refractivity contribution in [1.82, 2.24) is 19.3 Å². The van der Waals surface area contributed by atoms with Gasteiger partial charge in [-0.2, -0.15) is 5.10 Å². The van der Waals surface area contributed by atoms with Crippen LogP contribution < -0.4 is 0 Å². The first-order valence-corrected chi connectivity index (χ1v) is 7.52. The highest BCUT2D eigenvalue weighted by atomic mass is 35.5. The molecule has 110 valence electrons. The minimum atomic E-state index is -0.124. The Morgan fingerprint density at radius 2 is 2.00 bits per heavy atom. The van der Waals surface area contributed by atoms with E-state index < -0.39 is 0 Å². The van der Waals surface area contributed by atoms with Gasteiger partial charge < -0.3 is 9.30 Å². The summed E-state index contributed by atoms with van der Waals surface area (Å²) in [6, 6.07) is 0. The van der Waals surface area contributed by atoms with E-state index >= 15 is 0 Å². The van der Waals surface area contributed by atoms with Crippen LogP contribution in [0.2, 0.25) is 0 Å². The lowest BCUT2D eigenvalue weighted by atomic mass is 9.92. The number of fused-ring (bicyclic) bond motifs is 1. The van der Waals surface area contributed by atoms with Crippen LogP contribution in [0.5, 0.6) is 0 Å². The van der Waals surface area contributed by atoms with Gasteiger partial charge >= 0.3 is 0 Å². The third-order valence-corrected chi connectivity index (χ3v) is 4.49. The summed E-state index contributed by atoms with van der Waals surface area (Å²) in [5, 5.41) is 4.37. The molecule has 0 N–H and O–H groups in total. The first-order chi connectivity index (χ1) is 9.44. The highest BCUT2D eigenvalue weighted by Gasteiger charge is 2.35. The zero-order valence-electron chi connectivity index (χ0n) is 12.5. The van der Waals surface area contributed by atoms with Gasteiger partial charge in [-0.1, -0.05) is 0 Å². The SMILES string of the molecule is Cc1nn(C)c2c1nc(C(C)Cl)n2C1(C)CCOCC1. The van der Waals surface area contributed by atoms with E-state index in [1.807, 2.05) is 25.6 Å². The molecule has 1 unspecified atom stereocenters. The Balaban J connectivity index is 2.28. The molecule has 0 amide bonds. The predicted octanol–water partition coefficient (Wildman–Crippen LogP) is 2.90. The molecular formula is C14H21ClN4O. The molecule has 5 nitrogen and oxygen atoms in total. The minimum Gasteiger partial charge on any atom is -0.381 e. The molecule has 2 aromatic heterocycles. The molecule has 3 rings (SSSR count). The van der Waals surface area contributed by atoms with Crippen molar-refractivity contribution in [2.75, 3.05) is 13.2 Å². The number of rotatable bonds is 2. The molecule has 1 saturated heterocycles. The third-order valence-electron chi connectivity index (χ3n) is 4.29. The van der Waals surface area contributed by atoms with Crippen LogP contribution in [0.1, 0.15) is 43.6 Å². The number of nitrogens with zero attached hydrogens (tertiary/aromatic N) is 4. The highest BCUT2D eigenvalue weighted by Crippen LogP contribution is 2.37. The van der Waals surface area contributed by atoms with Crippen LogP contribution in [-0.4, -0.2) is 32.5 Å². The number of hydrogen-bond donors (Lipinski definition) is 0. The lowest BCUT2D eigenvalue weighted by Gasteiger charge is -2.37. The van der Waals surface area contributed by atoms with Gasteiger partial charge in [-0.15, -0.1) is 11.6 Å². The molecule has 0 aliphatic carbocycles. The minimum absolute atomic E-state index is 0.00822. The van der Waals surface area contributed by atoms with Crippen molar-refractivity contribution in [1.29, 1.82) is 0 Å². The summed E-state index contributed by atoms with van der Waals surface area (Å²) < 4.78 is 9.73. The summed E-state index contributed by atoms with van der Waals surface area (Å²) in [5.41, 5.74) is 2.97. The Kier molecular flexibility index (Phi) is 3.29. The fourth-order valence-corrected chi connectivity index (χ4v) is 3.27. The average molecular weight is 297 g/mol. The Morgan fingerprint density at radius 1 is 1.35 bits per heavy atom. The van der Waals surface area contributed by atoms with Crippen LogP contribution in [0.4, 0.5) is 0 Å².